The molecule has 0 spiro atoms. The summed E-state index contributed by atoms with van der Waals surface area (Å²) in [5.74, 6) is 0.863. The fraction of sp³-hybridized carbons (Fsp3) is 0.522. The van der Waals surface area contributed by atoms with Crippen molar-refractivity contribution in [3.63, 3.8) is 0 Å². The number of piperazine rings is 1. The number of nitrogen functional groups attached to an aromatic ring is 1. The van der Waals surface area contributed by atoms with E-state index in [9.17, 15) is 0 Å². The zero-order chi connectivity index (χ0) is 21.1. The molecule has 0 radical (unpaired) electrons. The molecule has 0 amide bonds. The van der Waals surface area contributed by atoms with Gasteiger partial charge in [0.05, 0.1) is 16.9 Å². The molecule has 0 saturated carbocycles. The third-order valence-corrected chi connectivity index (χ3v) is 7.02. The number of hydrogen-bond donors (Lipinski definition) is 1. The third kappa shape index (κ3) is 5.02. The summed E-state index contributed by atoms with van der Waals surface area (Å²) in [6.07, 6.45) is 5.29. The van der Waals surface area contributed by atoms with Crippen LogP contribution >= 0.6 is 23.2 Å². The summed E-state index contributed by atoms with van der Waals surface area (Å²) < 4.78 is 0. The average Bonchev–Trinajstić information content (AvgIpc) is 2.75. The predicted molar refractivity (Wildman–Crippen MR) is 126 cm³/mol. The average molecular weight is 448 g/mol. The zero-order valence-corrected chi connectivity index (χ0v) is 19.1. The van der Waals surface area contributed by atoms with Crippen molar-refractivity contribution in [1.82, 2.24) is 14.8 Å². The van der Waals surface area contributed by atoms with Gasteiger partial charge in [0, 0.05) is 43.3 Å². The van der Waals surface area contributed by atoms with Crippen molar-refractivity contribution in [2.24, 2.45) is 0 Å². The first kappa shape index (κ1) is 21.7. The Morgan fingerprint density at radius 1 is 1.07 bits per heavy atom. The standard InChI is InChI=1S/C23H31Cl2N5/c1-2-20-16-29(23-22(25)13-19(26)14-27-23)11-12-30(20)21-7-9-28(10-8-21)15-17-3-5-18(24)6-4-17/h3-6,13-14,20-21H,2,7-12,15-16,26H2,1H3/t20-/m0/s1. The summed E-state index contributed by atoms with van der Waals surface area (Å²) in [5.41, 5.74) is 7.76. The number of halogens is 2. The van der Waals surface area contributed by atoms with E-state index in [0.717, 1.165) is 56.5 Å². The summed E-state index contributed by atoms with van der Waals surface area (Å²) >= 11 is 12.4. The summed E-state index contributed by atoms with van der Waals surface area (Å²) in [6, 6.07) is 11.2. The Kier molecular flexibility index (Phi) is 7.04. The molecule has 2 fully saturated rings. The molecule has 0 unspecified atom stereocenters. The van der Waals surface area contributed by atoms with Crippen LogP contribution in [0.4, 0.5) is 11.5 Å². The third-order valence-electron chi connectivity index (χ3n) is 6.49. The normalized spacial score (nSPS) is 21.8. The molecule has 2 saturated heterocycles. The fourth-order valence-corrected chi connectivity index (χ4v) is 5.26. The molecule has 30 heavy (non-hydrogen) atoms. The Morgan fingerprint density at radius 2 is 1.80 bits per heavy atom. The Hall–Kier alpha value is -1.53. The van der Waals surface area contributed by atoms with E-state index in [4.69, 9.17) is 28.9 Å². The van der Waals surface area contributed by atoms with Gasteiger partial charge in [-0.25, -0.2) is 4.98 Å². The summed E-state index contributed by atoms with van der Waals surface area (Å²) in [5, 5.41) is 1.45. The molecule has 0 aliphatic carbocycles. The van der Waals surface area contributed by atoms with E-state index in [0.29, 0.717) is 22.8 Å². The Bertz CT molecular complexity index is 836. The van der Waals surface area contributed by atoms with Crippen molar-refractivity contribution < 1.29 is 0 Å². The number of anilines is 2. The van der Waals surface area contributed by atoms with Crippen molar-refractivity contribution in [1.29, 1.82) is 0 Å². The molecule has 1 aromatic heterocycles. The lowest BCUT2D eigenvalue weighted by atomic mass is 9.98. The highest BCUT2D eigenvalue weighted by Gasteiger charge is 2.33. The molecule has 3 heterocycles. The van der Waals surface area contributed by atoms with Crippen LogP contribution in [-0.2, 0) is 6.54 Å². The van der Waals surface area contributed by atoms with Gasteiger partial charge in [0.15, 0.2) is 0 Å². The second-order valence-electron chi connectivity index (χ2n) is 8.45. The summed E-state index contributed by atoms with van der Waals surface area (Å²) in [7, 11) is 0. The number of nitrogens with zero attached hydrogens (tertiary/aromatic N) is 4. The highest BCUT2D eigenvalue weighted by Crippen LogP contribution is 2.30. The lowest BCUT2D eigenvalue weighted by Gasteiger charge is -2.47. The largest absolute Gasteiger partial charge is 0.397 e. The maximum atomic E-state index is 6.42. The van der Waals surface area contributed by atoms with Gasteiger partial charge in [0.2, 0.25) is 0 Å². The molecular formula is C23H31Cl2N5. The van der Waals surface area contributed by atoms with Crippen LogP contribution in [0.25, 0.3) is 0 Å². The molecule has 162 valence electrons. The van der Waals surface area contributed by atoms with Crippen molar-refractivity contribution >= 4 is 34.7 Å². The number of benzene rings is 1. The van der Waals surface area contributed by atoms with Crippen LogP contribution in [0.15, 0.2) is 36.5 Å². The SMILES string of the molecule is CC[C@H]1CN(c2ncc(N)cc2Cl)CCN1C1CCN(Cc2ccc(Cl)cc2)CC1. The Labute approximate surface area is 189 Å². The van der Waals surface area contributed by atoms with E-state index in [1.165, 1.54) is 18.4 Å². The summed E-state index contributed by atoms with van der Waals surface area (Å²) in [4.78, 5) is 12.1. The minimum absolute atomic E-state index is 0.530. The zero-order valence-electron chi connectivity index (χ0n) is 17.6. The monoisotopic (exact) mass is 447 g/mol. The molecule has 1 atom stereocenters. The van der Waals surface area contributed by atoms with Crippen molar-refractivity contribution in [3.8, 4) is 0 Å². The Balaban J connectivity index is 1.33. The van der Waals surface area contributed by atoms with Crippen LogP contribution in [0, 0.1) is 0 Å². The highest BCUT2D eigenvalue weighted by molar-refractivity contribution is 6.33. The van der Waals surface area contributed by atoms with Crippen LogP contribution in [0.3, 0.4) is 0 Å². The molecule has 4 rings (SSSR count). The number of rotatable bonds is 5. The van der Waals surface area contributed by atoms with Crippen molar-refractivity contribution in [3.05, 3.63) is 52.1 Å². The minimum atomic E-state index is 0.530. The molecule has 2 N–H and O–H groups in total. The number of pyridine rings is 1. The maximum Gasteiger partial charge on any atom is 0.147 e. The van der Waals surface area contributed by atoms with Gasteiger partial charge in [0.1, 0.15) is 5.82 Å². The minimum Gasteiger partial charge on any atom is -0.397 e. The van der Waals surface area contributed by atoms with Gasteiger partial charge in [0.25, 0.3) is 0 Å². The first-order chi connectivity index (χ1) is 14.5. The van der Waals surface area contributed by atoms with Crippen LogP contribution in [-0.4, -0.2) is 59.6 Å². The smallest absolute Gasteiger partial charge is 0.147 e. The number of aromatic nitrogens is 1. The second kappa shape index (κ2) is 9.73. The van der Waals surface area contributed by atoms with E-state index in [1.807, 2.05) is 12.1 Å². The van der Waals surface area contributed by atoms with Gasteiger partial charge >= 0.3 is 0 Å². The maximum absolute atomic E-state index is 6.42. The van der Waals surface area contributed by atoms with Gasteiger partial charge < -0.3 is 10.6 Å². The van der Waals surface area contributed by atoms with Crippen LogP contribution in [0.1, 0.15) is 31.7 Å². The van der Waals surface area contributed by atoms with E-state index in [2.05, 4.69) is 38.7 Å². The molecule has 2 aliphatic heterocycles. The predicted octanol–water partition coefficient (Wildman–Crippen LogP) is 4.54. The van der Waals surface area contributed by atoms with Gasteiger partial charge in [-0.1, -0.05) is 42.3 Å². The van der Waals surface area contributed by atoms with Crippen LogP contribution in [0.2, 0.25) is 10.0 Å². The van der Waals surface area contributed by atoms with Crippen molar-refractivity contribution in [2.45, 2.75) is 44.8 Å². The molecular weight excluding hydrogens is 417 g/mol. The number of nitrogens with two attached hydrogens (primary N) is 1. The van der Waals surface area contributed by atoms with Crippen molar-refractivity contribution in [2.75, 3.05) is 43.4 Å². The highest BCUT2D eigenvalue weighted by atomic mass is 35.5. The van der Waals surface area contributed by atoms with Gasteiger partial charge in [-0.3, -0.25) is 9.80 Å². The fourth-order valence-electron chi connectivity index (χ4n) is 4.84. The van der Waals surface area contributed by atoms with Gasteiger partial charge in [-0.2, -0.15) is 0 Å². The van der Waals surface area contributed by atoms with Crippen LogP contribution in [0.5, 0.6) is 0 Å². The van der Waals surface area contributed by atoms with E-state index >= 15 is 0 Å². The molecule has 2 aromatic rings. The Morgan fingerprint density at radius 3 is 2.47 bits per heavy atom. The summed E-state index contributed by atoms with van der Waals surface area (Å²) in [6.45, 7) is 8.58. The lowest BCUT2D eigenvalue weighted by molar-refractivity contribution is 0.0610. The quantitative estimate of drug-likeness (QED) is 0.728. The number of hydrogen-bond acceptors (Lipinski definition) is 5. The lowest BCUT2D eigenvalue weighted by Crippen LogP contribution is -2.58. The molecule has 5 nitrogen and oxygen atoms in total. The number of likely N-dealkylation sites (tertiary alicyclic amines) is 1. The molecule has 1 aromatic carbocycles. The molecule has 2 aliphatic rings. The van der Waals surface area contributed by atoms with Gasteiger partial charge in [-0.05, 0) is 56.1 Å². The first-order valence-electron chi connectivity index (χ1n) is 10.9. The van der Waals surface area contributed by atoms with E-state index < -0.39 is 0 Å². The van der Waals surface area contributed by atoms with E-state index in [-0.39, 0.29) is 0 Å². The topological polar surface area (TPSA) is 48.6 Å². The molecule has 7 heteroatoms. The van der Waals surface area contributed by atoms with Crippen LogP contribution < -0.4 is 10.6 Å². The van der Waals surface area contributed by atoms with Gasteiger partial charge in [-0.15, -0.1) is 0 Å². The molecule has 0 bridgehead atoms. The number of piperidine rings is 1. The van der Waals surface area contributed by atoms with E-state index in [1.54, 1.807) is 12.3 Å². The first-order valence-corrected chi connectivity index (χ1v) is 11.7. The second-order valence-corrected chi connectivity index (χ2v) is 9.30.